The van der Waals surface area contributed by atoms with E-state index in [1.165, 1.54) is 21.5 Å². The highest BCUT2D eigenvalue weighted by molar-refractivity contribution is 6.07. The van der Waals surface area contributed by atoms with Gasteiger partial charge in [0.05, 0.1) is 47.6 Å². The molecule has 18 heteroatoms. The summed E-state index contributed by atoms with van der Waals surface area (Å²) in [5.41, 5.74) is 4.56. The number of quaternary nitrogens is 1. The van der Waals surface area contributed by atoms with E-state index in [0.29, 0.717) is 60.6 Å². The number of rotatable bonds is 17. The molecule has 2 aliphatic heterocycles. The molecular formula is C39H50FN12O5+. The molecule has 1 aromatic carbocycles. The van der Waals surface area contributed by atoms with E-state index in [0.717, 1.165) is 56.0 Å². The van der Waals surface area contributed by atoms with Crippen LogP contribution in [0, 0.1) is 5.41 Å². The molecule has 302 valence electrons. The Labute approximate surface area is 327 Å². The predicted octanol–water partition coefficient (Wildman–Crippen LogP) is 1.77. The number of nitrogens with two attached hydrogens (primary N) is 1. The van der Waals surface area contributed by atoms with Crippen LogP contribution in [0.4, 0.5) is 14.9 Å². The standard InChI is InChI=1S/C39H49FN12O5/c1-42-29-17-27(48-52-32(20-45-35(29)52)37(55)46-28-16-26(28)40)24(18-41)19-44-25-21-50(22-25)38(56)43-15-8-6-4-3-5-7-10-23-11-9-12-30-34(23)49(2)39(57)51(30)31-13-14-33(53)47-36(31)54/h9,11-12,17-20,25-26,28,31,41-42,44H,3-8,10,13-16,21-22H2,1-2H3,(H,43,56)(H,46,55)(H,47,53,54)/p+1/b24-19+,41-18?/t26-,28+,31?/m0/s1. The molecule has 3 atom stereocenters. The third-order valence-corrected chi connectivity index (χ3v) is 11.1. The number of carbonyl (C=O) groups is 4. The summed E-state index contributed by atoms with van der Waals surface area (Å²) in [5, 5.41) is 25.7. The highest BCUT2D eigenvalue weighted by atomic mass is 19.1. The van der Waals surface area contributed by atoms with Gasteiger partial charge in [0.1, 0.15) is 30.1 Å². The fourth-order valence-corrected chi connectivity index (χ4v) is 7.66. The van der Waals surface area contributed by atoms with Crippen molar-refractivity contribution in [1.29, 1.82) is 5.41 Å². The van der Waals surface area contributed by atoms with Crippen LogP contribution in [0.3, 0.4) is 0 Å². The second kappa shape index (κ2) is 17.1. The number of alkyl halides is 1. The Kier molecular flexibility index (Phi) is 11.8. The second-order valence-electron chi connectivity index (χ2n) is 15.1. The molecule has 7 N–H and O–H groups in total. The smallest absolute Gasteiger partial charge is 0.329 e. The first-order chi connectivity index (χ1) is 27.6. The van der Waals surface area contributed by atoms with Crippen LogP contribution in [0.25, 0.3) is 22.3 Å². The number of imide groups is 1. The number of hydrogen-bond acceptors (Lipinski definition) is 9. The van der Waals surface area contributed by atoms with Gasteiger partial charge >= 0.3 is 11.7 Å². The molecule has 3 aromatic heterocycles. The van der Waals surface area contributed by atoms with Crippen molar-refractivity contribution in [3.8, 4) is 0 Å². The zero-order valence-electron chi connectivity index (χ0n) is 32.2. The lowest BCUT2D eigenvalue weighted by atomic mass is 10.0. The van der Waals surface area contributed by atoms with Crippen LogP contribution >= 0.6 is 0 Å². The zero-order valence-corrected chi connectivity index (χ0v) is 32.2. The Bertz CT molecular complexity index is 2290. The zero-order chi connectivity index (χ0) is 40.2. The summed E-state index contributed by atoms with van der Waals surface area (Å²) in [4.78, 5) is 68.9. The number of benzene rings is 1. The lowest BCUT2D eigenvalue weighted by Crippen LogP contribution is -2.93. The predicted molar refractivity (Wildman–Crippen MR) is 211 cm³/mol. The van der Waals surface area contributed by atoms with E-state index in [1.54, 1.807) is 35.8 Å². The highest BCUT2D eigenvalue weighted by Crippen LogP contribution is 2.27. The molecule has 4 aromatic rings. The van der Waals surface area contributed by atoms with Crippen molar-refractivity contribution in [3.63, 3.8) is 0 Å². The van der Waals surface area contributed by atoms with Crippen molar-refractivity contribution in [1.82, 2.24) is 44.6 Å². The van der Waals surface area contributed by atoms with Gasteiger partial charge in [-0.3, -0.25) is 28.8 Å². The van der Waals surface area contributed by atoms with Crippen LogP contribution in [-0.2, 0) is 23.1 Å². The van der Waals surface area contributed by atoms with Gasteiger partial charge in [0.25, 0.3) is 5.91 Å². The first-order valence-corrected chi connectivity index (χ1v) is 19.7. The van der Waals surface area contributed by atoms with Crippen molar-refractivity contribution in [2.24, 2.45) is 7.05 Å². The van der Waals surface area contributed by atoms with Gasteiger partial charge in [-0.25, -0.2) is 23.5 Å². The SMILES string of the molecule is CNc1cc(/C(C=N)=C/[NH2+]C2CN(C(=O)NCCCCCCCCc3cccc4c3n(C)c(=O)n4C3CCC(=O)NC3=O)C2)nn2c(C(=O)N[C@@H]3C[C@@H]3F)cnc12. The number of likely N-dealkylation sites (tertiary alicyclic amines) is 1. The fourth-order valence-electron chi connectivity index (χ4n) is 7.66. The molecule has 0 spiro atoms. The third-order valence-electron chi connectivity index (χ3n) is 11.1. The van der Waals surface area contributed by atoms with Crippen molar-refractivity contribution < 1.29 is 28.9 Å². The highest BCUT2D eigenvalue weighted by Gasteiger charge is 2.39. The number of para-hydroxylation sites is 1. The number of imidazole rings is 2. The molecule has 1 aliphatic carbocycles. The molecule has 5 amide bonds. The van der Waals surface area contributed by atoms with Crippen LogP contribution in [-0.4, -0.2) is 104 Å². The third kappa shape index (κ3) is 8.45. The Hall–Kier alpha value is -5.91. The number of carbonyl (C=O) groups excluding carboxylic acids is 4. The molecule has 2 saturated heterocycles. The van der Waals surface area contributed by atoms with Crippen LogP contribution in [0.15, 0.2) is 41.5 Å². The molecule has 0 bridgehead atoms. The molecule has 1 unspecified atom stereocenters. The minimum atomic E-state index is -1.03. The number of halogens is 1. The number of anilines is 1. The number of aryl methyl sites for hydroxylation is 2. The van der Waals surface area contributed by atoms with Crippen molar-refractivity contribution in [2.75, 3.05) is 32.0 Å². The molecule has 3 aliphatic rings. The van der Waals surface area contributed by atoms with Crippen molar-refractivity contribution >= 4 is 57.9 Å². The number of allylic oxidation sites excluding steroid dienone is 1. The average molecular weight is 786 g/mol. The number of unbranched alkanes of at least 4 members (excludes halogenated alkanes) is 5. The number of nitrogens with zero attached hydrogens (tertiary/aromatic N) is 6. The lowest BCUT2D eigenvalue weighted by Gasteiger charge is -2.36. The Morgan fingerprint density at radius 1 is 1.11 bits per heavy atom. The molecular weight excluding hydrogens is 736 g/mol. The molecule has 1 saturated carbocycles. The van der Waals surface area contributed by atoms with E-state index in [1.807, 2.05) is 23.5 Å². The minimum absolute atomic E-state index is 0.0899. The largest absolute Gasteiger partial charge is 0.385 e. The Morgan fingerprint density at radius 2 is 1.86 bits per heavy atom. The number of hydrogen-bond donors (Lipinski definition) is 6. The first-order valence-electron chi connectivity index (χ1n) is 19.7. The normalized spacial score (nSPS) is 19.7. The van der Waals surface area contributed by atoms with E-state index >= 15 is 0 Å². The van der Waals surface area contributed by atoms with Gasteiger partial charge < -0.3 is 31.6 Å². The van der Waals surface area contributed by atoms with Crippen LogP contribution in [0.5, 0.6) is 0 Å². The average Bonchev–Trinajstić information content (AvgIpc) is 3.58. The van der Waals surface area contributed by atoms with E-state index in [9.17, 15) is 28.4 Å². The maximum atomic E-state index is 13.4. The molecule has 7 rings (SSSR count). The van der Waals surface area contributed by atoms with Gasteiger partial charge in [0.15, 0.2) is 11.3 Å². The summed E-state index contributed by atoms with van der Waals surface area (Å²) in [5.74, 6) is -1.21. The van der Waals surface area contributed by atoms with E-state index < -0.39 is 30.1 Å². The number of nitrogens with one attached hydrogen (secondary N) is 5. The van der Waals surface area contributed by atoms with Gasteiger partial charge in [-0.05, 0) is 43.4 Å². The number of fused-ring (bicyclic) bond motifs is 2. The van der Waals surface area contributed by atoms with Gasteiger partial charge in [-0.15, -0.1) is 0 Å². The van der Waals surface area contributed by atoms with Crippen molar-refractivity contribution in [3.05, 3.63) is 64.1 Å². The lowest BCUT2D eigenvalue weighted by molar-refractivity contribution is -0.636. The van der Waals surface area contributed by atoms with Gasteiger partial charge in [-0.1, -0.05) is 37.8 Å². The summed E-state index contributed by atoms with van der Waals surface area (Å²) in [6.45, 7) is 1.73. The Morgan fingerprint density at radius 3 is 2.58 bits per heavy atom. The van der Waals surface area contributed by atoms with E-state index in [4.69, 9.17) is 5.41 Å². The van der Waals surface area contributed by atoms with Crippen molar-refractivity contribution in [2.45, 2.75) is 88.5 Å². The molecule has 5 heterocycles. The maximum absolute atomic E-state index is 13.4. The number of aromatic nitrogens is 5. The summed E-state index contributed by atoms with van der Waals surface area (Å²) < 4.78 is 17.9. The van der Waals surface area contributed by atoms with Gasteiger partial charge in [0.2, 0.25) is 11.8 Å². The Balaban J connectivity index is 0.804. The van der Waals surface area contributed by atoms with Crippen LogP contribution < -0.4 is 32.3 Å². The molecule has 3 fully saturated rings. The number of piperidine rings is 1. The maximum Gasteiger partial charge on any atom is 0.329 e. The summed E-state index contributed by atoms with van der Waals surface area (Å²) in [7, 11) is 3.46. The summed E-state index contributed by atoms with van der Waals surface area (Å²) in [6.07, 6.45) is 11.0. The summed E-state index contributed by atoms with van der Waals surface area (Å²) >= 11 is 0. The second-order valence-corrected chi connectivity index (χ2v) is 15.1. The fraction of sp³-hybridized carbons (Fsp3) is 0.487. The van der Waals surface area contributed by atoms with E-state index in [-0.39, 0.29) is 35.8 Å². The number of amides is 5. The monoisotopic (exact) mass is 785 g/mol. The molecule has 17 nitrogen and oxygen atoms in total. The summed E-state index contributed by atoms with van der Waals surface area (Å²) in [6, 6.07) is 6.41. The molecule has 0 radical (unpaired) electrons. The van der Waals surface area contributed by atoms with Gasteiger partial charge in [-0.2, -0.15) is 5.10 Å². The van der Waals surface area contributed by atoms with E-state index in [2.05, 4.69) is 31.3 Å². The number of urea groups is 1. The van der Waals surface area contributed by atoms with Crippen LogP contribution in [0.2, 0.25) is 0 Å². The molecule has 57 heavy (non-hydrogen) atoms. The minimum Gasteiger partial charge on any atom is -0.385 e. The van der Waals surface area contributed by atoms with Crippen LogP contribution in [0.1, 0.15) is 85.6 Å². The topological polar surface area (TPSA) is 217 Å². The van der Waals surface area contributed by atoms with Gasteiger partial charge in [0, 0.05) is 39.7 Å². The first kappa shape index (κ1) is 39.3. The quantitative estimate of drug-likeness (QED) is 0.0526.